The molecule has 138 valence electrons. The number of amides is 1. The smallest absolute Gasteiger partial charge is 0.266 e. The maximum atomic E-state index is 12.7. The number of aryl methyl sites for hydroxylation is 3. The van der Waals surface area contributed by atoms with Gasteiger partial charge < -0.3 is 10.2 Å². The third-order valence-electron chi connectivity index (χ3n) is 5.09. The van der Waals surface area contributed by atoms with Crippen molar-refractivity contribution in [3.8, 4) is 0 Å². The molecule has 0 bridgehead atoms. The van der Waals surface area contributed by atoms with E-state index in [2.05, 4.69) is 53.3 Å². The number of rotatable bonds is 4. The van der Waals surface area contributed by atoms with Crippen LogP contribution in [0, 0.1) is 26.7 Å². The van der Waals surface area contributed by atoms with Crippen LogP contribution in [-0.2, 0) is 11.3 Å². The van der Waals surface area contributed by atoms with Crippen LogP contribution in [-0.4, -0.2) is 29.2 Å². The first-order valence-electron chi connectivity index (χ1n) is 9.08. The Labute approximate surface area is 153 Å². The molecule has 3 rings (SSSR count). The molecule has 1 unspecified atom stereocenters. The maximum absolute atomic E-state index is 12.7. The fraction of sp³-hybridized carbons (Fsp3) is 0.450. The van der Waals surface area contributed by atoms with Gasteiger partial charge in [-0.15, -0.1) is 0 Å². The van der Waals surface area contributed by atoms with E-state index in [1.165, 1.54) is 28.3 Å². The van der Waals surface area contributed by atoms with Crippen molar-refractivity contribution < 1.29 is 4.79 Å². The summed E-state index contributed by atoms with van der Waals surface area (Å²) in [7, 11) is 0. The maximum Gasteiger partial charge on any atom is 0.266 e. The first-order valence-corrected chi connectivity index (χ1v) is 9.08. The summed E-state index contributed by atoms with van der Waals surface area (Å²) in [5.74, 6) is 0.000901. The standard InChI is InChI=1S/C20H26N4O2/c1-13-7-14(2)18(15(3)8-13)11-21-20(26)16-5-4-6-24(12-16)17-9-19(25)23-22-10-17/h7-10,16H,4-6,11-12H2,1-3H3,(H,21,26)(H,23,25). The molecule has 1 fully saturated rings. The molecule has 1 amide bonds. The van der Waals surface area contributed by atoms with E-state index >= 15 is 0 Å². The second-order valence-electron chi connectivity index (χ2n) is 7.18. The van der Waals surface area contributed by atoms with Gasteiger partial charge >= 0.3 is 0 Å². The second kappa shape index (κ2) is 7.72. The number of anilines is 1. The number of piperidine rings is 1. The molecule has 6 heteroatoms. The molecule has 1 atom stereocenters. The van der Waals surface area contributed by atoms with E-state index in [4.69, 9.17) is 0 Å². The van der Waals surface area contributed by atoms with Gasteiger partial charge in [-0.1, -0.05) is 17.7 Å². The number of carbonyl (C=O) groups is 1. The second-order valence-corrected chi connectivity index (χ2v) is 7.18. The van der Waals surface area contributed by atoms with Crippen molar-refractivity contribution in [3.05, 3.63) is 57.0 Å². The molecule has 2 aromatic rings. The highest BCUT2D eigenvalue weighted by Gasteiger charge is 2.26. The average Bonchev–Trinajstić information content (AvgIpc) is 2.60. The van der Waals surface area contributed by atoms with Crippen LogP contribution >= 0.6 is 0 Å². The van der Waals surface area contributed by atoms with Crippen molar-refractivity contribution in [3.63, 3.8) is 0 Å². The minimum Gasteiger partial charge on any atom is -0.369 e. The molecule has 1 saturated heterocycles. The normalized spacial score (nSPS) is 17.2. The Balaban J connectivity index is 1.64. The fourth-order valence-corrected chi connectivity index (χ4v) is 3.77. The quantitative estimate of drug-likeness (QED) is 0.883. The topological polar surface area (TPSA) is 78.1 Å². The van der Waals surface area contributed by atoms with Gasteiger partial charge in [-0.25, -0.2) is 5.10 Å². The van der Waals surface area contributed by atoms with Gasteiger partial charge in [-0.2, -0.15) is 5.10 Å². The van der Waals surface area contributed by atoms with E-state index in [0.717, 1.165) is 25.1 Å². The Morgan fingerprint density at radius 1 is 1.27 bits per heavy atom. The summed E-state index contributed by atoms with van der Waals surface area (Å²) < 4.78 is 0. The largest absolute Gasteiger partial charge is 0.369 e. The molecule has 1 aromatic carbocycles. The molecule has 0 aliphatic carbocycles. The third kappa shape index (κ3) is 4.12. The lowest BCUT2D eigenvalue weighted by atomic mass is 9.96. The fourth-order valence-electron chi connectivity index (χ4n) is 3.77. The van der Waals surface area contributed by atoms with Gasteiger partial charge in [0.1, 0.15) is 0 Å². The van der Waals surface area contributed by atoms with Gasteiger partial charge in [0.05, 0.1) is 17.8 Å². The SMILES string of the molecule is Cc1cc(C)c(CNC(=O)C2CCCN(c3cn[nH]c(=O)c3)C2)c(C)c1. The molecule has 0 saturated carbocycles. The molecule has 1 aliphatic heterocycles. The molecular formula is C20H26N4O2. The van der Waals surface area contributed by atoms with Crippen LogP contribution in [0.15, 0.2) is 29.2 Å². The van der Waals surface area contributed by atoms with Gasteiger partial charge in [-0.3, -0.25) is 9.59 Å². The molecule has 2 heterocycles. The Morgan fingerprint density at radius 2 is 2.00 bits per heavy atom. The van der Waals surface area contributed by atoms with Crippen molar-refractivity contribution >= 4 is 11.6 Å². The molecule has 0 radical (unpaired) electrons. The summed E-state index contributed by atoms with van der Waals surface area (Å²) in [6, 6.07) is 5.83. The van der Waals surface area contributed by atoms with Crippen molar-refractivity contribution in [2.45, 2.75) is 40.2 Å². The van der Waals surface area contributed by atoms with E-state index in [9.17, 15) is 9.59 Å². The molecular weight excluding hydrogens is 328 g/mol. The van der Waals surface area contributed by atoms with Crippen LogP contribution in [0.2, 0.25) is 0 Å². The molecule has 0 spiro atoms. The summed E-state index contributed by atoms with van der Waals surface area (Å²) in [5, 5.41) is 9.34. The van der Waals surface area contributed by atoms with Gasteiger partial charge in [0.2, 0.25) is 5.91 Å². The summed E-state index contributed by atoms with van der Waals surface area (Å²) in [4.78, 5) is 26.2. The first-order chi connectivity index (χ1) is 12.4. The van der Waals surface area contributed by atoms with E-state index < -0.39 is 0 Å². The van der Waals surface area contributed by atoms with Gasteiger partial charge in [-0.05, 0) is 50.3 Å². The predicted molar refractivity (Wildman–Crippen MR) is 102 cm³/mol. The lowest BCUT2D eigenvalue weighted by Crippen LogP contribution is -2.43. The summed E-state index contributed by atoms with van der Waals surface area (Å²) >= 11 is 0. The molecule has 26 heavy (non-hydrogen) atoms. The van der Waals surface area contributed by atoms with Gasteiger partial charge in [0, 0.05) is 25.7 Å². The molecule has 1 aromatic heterocycles. The number of hydrogen-bond acceptors (Lipinski definition) is 4. The monoisotopic (exact) mass is 354 g/mol. The van der Waals surface area contributed by atoms with Gasteiger partial charge in [0.15, 0.2) is 0 Å². The van der Waals surface area contributed by atoms with Crippen LogP contribution in [0.25, 0.3) is 0 Å². The van der Waals surface area contributed by atoms with E-state index in [-0.39, 0.29) is 17.4 Å². The molecule has 6 nitrogen and oxygen atoms in total. The highest BCUT2D eigenvalue weighted by Crippen LogP contribution is 2.22. The van der Waals surface area contributed by atoms with Crippen molar-refractivity contribution in [2.75, 3.05) is 18.0 Å². The van der Waals surface area contributed by atoms with Crippen LogP contribution in [0.1, 0.15) is 35.1 Å². The van der Waals surface area contributed by atoms with Crippen molar-refractivity contribution in [2.24, 2.45) is 5.92 Å². The van der Waals surface area contributed by atoms with Crippen LogP contribution < -0.4 is 15.8 Å². The Bertz CT molecular complexity index is 836. The number of benzene rings is 1. The predicted octanol–water partition coefficient (Wildman–Crippen LogP) is 2.23. The number of aromatic nitrogens is 2. The average molecular weight is 354 g/mol. The van der Waals surface area contributed by atoms with Crippen LogP contribution in [0.5, 0.6) is 0 Å². The lowest BCUT2D eigenvalue weighted by molar-refractivity contribution is -0.125. The Hall–Kier alpha value is -2.63. The summed E-state index contributed by atoms with van der Waals surface area (Å²) in [6.45, 7) is 8.27. The highest BCUT2D eigenvalue weighted by molar-refractivity contribution is 5.79. The van der Waals surface area contributed by atoms with Gasteiger partial charge in [0.25, 0.3) is 5.56 Å². The Morgan fingerprint density at radius 3 is 2.69 bits per heavy atom. The van der Waals surface area contributed by atoms with E-state index in [1.54, 1.807) is 6.20 Å². The number of H-pyrrole nitrogens is 1. The zero-order chi connectivity index (χ0) is 18.7. The Kier molecular flexibility index (Phi) is 5.40. The molecule has 1 aliphatic rings. The number of carbonyl (C=O) groups excluding carboxylic acids is 1. The number of aromatic amines is 1. The van der Waals surface area contributed by atoms with Crippen molar-refractivity contribution in [1.29, 1.82) is 0 Å². The zero-order valence-electron chi connectivity index (χ0n) is 15.6. The van der Waals surface area contributed by atoms with Crippen LogP contribution in [0.4, 0.5) is 5.69 Å². The molecule has 2 N–H and O–H groups in total. The highest BCUT2D eigenvalue weighted by atomic mass is 16.2. The minimum absolute atomic E-state index is 0.0749. The lowest BCUT2D eigenvalue weighted by Gasteiger charge is -2.33. The number of nitrogens with one attached hydrogen (secondary N) is 2. The van der Waals surface area contributed by atoms with Crippen molar-refractivity contribution in [1.82, 2.24) is 15.5 Å². The number of hydrogen-bond donors (Lipinski definition) is 2. The van der Waals surface area contributed by atoms with E-state index in [0.29, 0.717) is 13.1 Å². The minimum atomic E-state index is -0.223. The summed E-state index contributed by atoms with van der Waals surface area (Å²) in [6.07, 6.45) is 3.43. The van der Waals surface area contributed by atoms with E-state index in [1.807, 2.05) is 0 Å². The number of nitrogens with zero attached hydrogens (tertiary/aromatic N) is 2. The zero-order valence-corrected chi connectivity index (χ0v) is 15.6. The third-order valence-corrected chi connectivity index (χ3v) is 5.09. The van der Waals surface area contributed by atoms with Crippen LogP contribution in [0.3, 0.4) is 0 Å². The summed E-state index contributed by atoms with van der Waals surface area (Å²) in [5.41, 5.74) is 5.40. The first kappa shape index (κ1) is 18.2.